The zero-order valence-electron chi connectivity index (χ0n) is 26.1. The molecule has 3 rings (SSSR count). The molecule has 0 aliphatic carbocycles. The number of alkyl carbamates (subject to hydrolysis) is 1. The van der Waals surface area contributed by atoms with E-state index in [0.29, 0.717) is 19.4 Å². The van der Waals surface area contributed by atoms with Crippen molar-refractivity contribution in [3.63, 3.8) is 0 Å². The number of hydrogen-bond donors (Lipinski definition) is 4. The Kier molecular flexibility index (Phi) is 14.1. The lowest BCUT2D eigenvalue weighted by Gasteiger charge is -2.26. The molecule has 1 fully saturated rings. The minimum atomic E-state index is -1.03. The SMILES string of the molecule is CCOC(=O)/C=C/[C@H](C[C@@H]1CCNC1=O)NC(=O)[C@H](CC(C)C)NC(=O)[C@H](Cc1ccccc1)NC(=O)OCc1ccccc1. The van der Waals surface area contributed by atoms with Crippen LogP contribution in [0.25, 0.3) is 0 Å². The molecule has 4 atom stereocenters. The molecule has 11 nitrogen and oxygen atoms in total. The summed E-state index contributed by atoms with van der Waals surface area (Å²) in [6, 6.07) is 15.7. The van der Waals surface area contributed by atoms with Crippen LogP contribution in [0.1, 0.15) is 51.2 Å². The third kappa shape index (κ3) is 12.5. The monoisotopic (exact) mass is 620 g/mol. The largest absolute Gasteiger partial charge is 0.463 e. The van der Waals surface area contributed by atoms with Crippen molar-refractivity contribution >= 4 is 29.8 Å². The second-order valence-corrected chi connectivity index (χ2v) is 11.4. The summed E-state index contributed by atoms with van der Waals surface area (Å²) in [5, 5.41) is 11.2. The fourth-order valence-electron chi connectivity index (χ4n) is 4.97. The van der Waals surface area contributed by atoms with Crippen LogP contribution in [0.2, 0.25) is 0 Å². The van der Waals surface area contributed by atoms with Crippen LogP contribution in [-0.2, 0) is 41.7 Å². The van der Waals surface area contributed by atoms with Crippen LogP contribution >= 0.6 is 0 Å². The molecule has 1 aliphatic rings. The van der Waals surface area contributed by atoms with Crippen LogP contribution in [0.5, 0.6) is 0 Å². The van der Waals surface area contributed by atoms with Gasteiger partial charge in [-0.15, -0.1) is 0 Å². The molecule has 1 saturated heterocycles. The van der Waals surface area contributed by atoms with Gasteiger partial charge in [-0.25, -0.2) is 9.59 Å². The Bertz CT molecular complexity index is 1300. The fourth-order valence-corrected chi connectivity index (χ4v) is 4.97. The second kappa shape index (κ2) is 18.2. The summed E-state index contributed by atoms with van der Waals surface area (Å²) in [6.07, 6.45) is 3.35. The van der Waals surface area contributed by atoms with E-state index in [2.05, 4.69) is 21.3 Å². The topological polar surface area (TPSA) is 152 Å². The molecule has 0 spiro atoms. The van der Waals surface area contributed by atoms with Gasteiger partial charge in [0.1, 0.15) is 18.7 Å². The van der Waals surface area contributed by atoms with Crippen LogP contribution in [0.4, 0.5) is 4.79 Å². The van der Waals surface area contributed by atoms with E-state index < -0.39 is 42.0 Å². The predicted molar refractivity (Wildman–Crippen MR) is 169 cm³/mol. The highest BCUT2D eigenvalue weighted by Gasteiger charge is 2.31. The van der Waals surface area contributed by atoms with Crippen LogP contribution in [-0.4, -0.2) is 61.1 Å². The number of carbonyl (C=O) groups excluding carboxylic acids is 5. The van der Waals surface area contributed by atoms with Gasteiger partial charge in [-0.3, -0.25) is 14.4 Å². The predicted octanol–water partition coefficient (Wildman–Crippen LogP) is 3.19. The average Bonchev–Trinajstić information content (AvgIpc) is 3.42. The smallest absolute Gasteiger partial charge is 0.408 e. The molecule has 0 saturated carbocycles. The van der Waals surface area contributed by atoms with E-state index in [1.807, 2.05) is 74.5 Å². The van der Waals surface area contributed by atoms with Gasteiger partial charge in [-0.1, -0.05) is 80.6 Å². The molecular formula is C34H44N4O7. The molecular weight excluding hydrogens is 576 g/mol. The van der Waals surface area contributed by atoms with Gasteiger partial charge >= 0.3 is 12.1 Å². The summed E-state index contributed by atoms with van der Waals surface area (Å²) in [6.45, 7) is 6.32. The summed E-state index contributed by atoms with van der Waals surface area (Å²) in [7, 11) is 0. The highest BCUT2D eigenvalue weighted by atomic mass is 16.5. The van der Waals surface area contributed by atoms with E-state index in [1.165, 1.54) is 12.2 Å². The molecule has 2 aromatic carbocycles. The fraction of sp³-hybridized carbons (Fsp3) is 0.441. The number of ether oxygens (including phenoxy) is 2. The number of hydrogen-bond acceptors (Lipinski definition) is 7. The Balaban J connectivity index is 1.74. The van der Waals surface area contributed by atoms with Gasteiger partial charge in [0.05, 0.1) is 6.61 Å². The third-order valence-electron chi connectivity index (χ3n) is 7.22. The van der Waals surface area contributed by atoms with Gasteiger partial charge in [0, 0.05) is 31.0 Å². The van der Waals surface area contributed by atoms with Crippen molar-refractivity contribution in [3.05, 3.63) is 83.9 Å². The molecule has 0 aromatic heterocycles. The Morgan fingerprint density at radius 2 is 1.53 bits per heavy atom. The normalized spacial score (nSPS) is 16.4. The van der Waals surface area contributed by atoms with Gasteiger partial charge in [-0.2, -0.15) is 0 Å². The minimum absolute atomic E-state index is 0.0322. The first-order valence-electron chi connectivity index (χ1n) is 15.4. The maximum Gasteiger partial charge on any atom is 0.408 e. The van der Waals surface area contributed by atoms with Crippen molar-refractivity contribution in [1.82, 2.24) is 21.3 Å². The molecule has 4 amide bonds. The molecule has 242 valence electrons. The highest BCUT2D eigenvalue weighted by molar-refractivity contribution is 5.92. The van der Waals surface area contributed by atoms with Gasteiger partial charge in [0.15, 0.2) is 0 Å². The first-order valence-corrected chi connectivity index (χ1v) is 15.4. The van der Waals surface area contributed by atoms with Crippen LogP contribution < -0.4 is 21.3 Å². The summed E-state index contributed by atoms with van der Waals surface area (Å²) in [5.74, 6) is -1.99. The highest BCUT2D eigenvalue weighted by Crippen LogP contribution is 2.18. The summed E-state index contributed by atoms with van der Waals surface area (Å²) >= 11 is 0. The van der Waals surface area contributed by atoms with Crippen LogP contribution in [0.3, 0.4) is 0 Å². The number of amides is 4. The van der Waals surface area contributed by atoms with Gasteiger partial charge in [0.2, 0.25) is 17.7 Å². The Labute approximate surface area is 264 Å². The van der Waals surface area contributed by atoms with Crippen molar-refractivity contribution < 1.29 is 33.4 Å². The van der Waals surface area contributed by atoms with E-state index in [4.69, 9.17) is 9.47 Å². The number of esters is 1. The molecule has 1 heterocycles. The Hall–Kier alpha value is -4.67. The molecule has 4 N–H and O–H groups in total. The lowest BCUT2D eigenvalue weighted by molar-refractivity contribution is -0.137. The van der Waals surface area contributed by atoms with E-state index in [0.717, 1.165) is 11.1 Å². The summed E-state index contributed by atoms with van der Waals surface area (Å²) in [4.78, 5) is 64.3. The van der Waals surface area contributed by atoms with E-state index in [1.54, 1.807) is 6.92 Å². The molecule has 0 unspecified atom stereocenters. The minimum Gasteiger partial charge on any atom is -0.463 e. The molecule has 45 heavy (non-hydrogen) atoms. The molecule has 11 heteroatoms. The van der Waals surface area contributed by atoms with Gasteiger partial charge in [-0.05, 0) is 43.2 Å². The van der Waals surface area contributed by atoms with Gasteiger partial charge in [0.25, 0.3) is 0 Å². The lowest BCUT2D eigenvalue weighted by Crippen LogP contribution is -2.55. The standard InChI is InChI=1S/C34H44N4O7/c1-4-44-30(39)16-15-27(21-26-17-18-35-31(26)40)36-32(41)28(19-23(2)3)37-33(42)29(20-24-11-7-5-8-12-24)38-34(43)45-22-25-13-9-6-10-14-25/h5-16,23,26-29H,4,17-22H2,1-3H3,(H,35,40)(H,36,41)(H,37,42)(H,38,43)/b16-15+/t26-,27+,28-,29-/m0/s1. The maximum atomic E-state index is 13.7. The summed E-state index contributed by atoms with van der Waals surface area (Å²) in [5.41, 5.74) is 1.61. The van der Waals surface area contributed by atoms with Crippen LogP contribution in [0.15, 0.2) is 72.8 Å². The number of nitrogens with one attached hydrogen (secondary N) is 4. The first-order chi connectivity index (χ1) is 21.6. The third-order valence-corrected chi connectivity index (χ3v) is 7.22. The molecule has 2 aromatic rings. The molecule has 1 aliphatic heterocycles. The summed E-state index contributed by atoms with van der Waals surface area (Å²) < 4.78 is 10.3. The van der Waals surface area contributed by atoms with E-state index in [9.17, 15) is 24.0 Å². The van der Waals surface area contributed by atoms with Crippen molar-refractivity contribution in [3.8, 4) is 0 Å². The lowest BCUT2D eigenvalue weighted by atomic mass is 9.96. The maximum absolute atomic E-state index is 13.7. The first kappa shape index (κ1) is 34.8. The van der Waals surface area contributed by atoms with Crippen LogP contribution in [0, 0.1) is 11.8 Å². The van der Waals surface area contributed by atoms with Crippen molar-refractivity contribution in [1.29, 1.82) is 0 Å². The van der Waals surface area contributed by atoms with Crippen molar-refractivity contribution in [2.24, 2.45) is 11.8 Å². The van der Waals surface area contributed by atoms with E-state index in [-0.39, 0.29) is 43.8 Å². The van der Waals surface area contributed by atoms with Gasteiger partial charge < -0.3 is 30.7 Å². The number of carbonyl (C=O) groups is 5. The number of benzene rings is 2. The quantitative estimate of drug-likeness (QED) is 0.166. The molecule has 0 radical (unpaired) electrons. The van der Waals surface area contributed by atoms with Crippen molar-refractivity contribution in [2.45, 2.75) is 71.2 Å². The Morgan fingerprint density at radius 1 is 0.889 bits per heavy atom. The number of rotatable bonds is 16. The average molecular weight is 621 g/mol. The zero-order valence-corrected chi connectivity index (χ0v) is 26.1. The molecule has 0 bridgehead atoms. The van der Waals surface area contributed by atoms with E-state index >= 15 is 0 Å². The second-order valence-electron chi connectivity index (χ2n) is 11.4. The Morgan fingerprint density at radius 3 is 2.13 bits per heavy atom. The van der Waals surface area contributed by atoms with Crippen molar-refractivity contribution in [2.75, 3.05) is 13.2 Å². The zero-order chi connectivity index (χ0) is 32.6.